The molecule has 0 bridgehead atoms. The molecule has 0 fully saturated rings. The molecule has 14 heavy (non-hydrogen) atoms. The summed E-state index contributed by atoms with van der Waals surface area (Å²) >= 11 is 0. The van der Waals surface area contributed by atoms with E-state index in [2.05, 4.69) is 0 Å². The lowest BCUT2D eigenvalue weighted by Gasteiger charge is -1.98. The number of benzene rings is 1. The molecule has 0 unspecified atom stereocenters. The number of rotatable bonds is 2. The molecule has 0 saturated heterocycles. The zero-order valence-corrected chi connectivity index (χ0v) is 10.1. The van der Waals surface area contributed by atoms with Gasteiger partial charge >= 0.3 is 0 Å². The molecule has 4 nitrogen and oxygen atoms in total. The van der Waals surface area contributed by atoms with E-state index >= 15 is 0 Å². The standard InChI is InChI=1S/C8H12N2.2ClH.2H3N/c9-5-7-2-1-3-8(4-7)6-10;;;;/h1-4H,5-6,9-10H2;2*1H;2*1H3. The van der Waals surface area contributed by atoms with Gasteiger partial charge in [0.05, 0.1) is 0 Å². The summed E-state index contributed by atoms with van der Waals surface area (Å²) in [5.41, 5.74) is 13.1. The summed E-state index contributed by atoms with van der Waals surface area (Å²) in [5.74, 6) is 0. The Kier molecular flexibility index (Phi) is 21.2. The Morgan fingerprint density at radius 1 is 0.857 bits per heavy atom. The molecule has 0 amide bonds. The van der Waals surface area contributed by atoms with Crippen molar-refractivity contribution in [1.82, 2.24) is 12.3 Å². The number of quaternary nitrogens is 2. The lowest BCUT2D eigenvalue weighted by molar-refractivity contribution is -0.00100. The van der Waals surface area contributed by atoms with Gasteiger partial charge in [-0.1, -0.05) is 24.3 Å². The molecule has 0 radical (unpaired) electrons. The molecular formula is C8H20Cl2N4. The van der Waals surface area contributed by atoms with Crippen LogP contribution >= 0.6 is 0 Å². The van der Waals surface area contributed by atoms with E-state index < -0.39 is 0 Å². The average Bonchev–Trinajstić information content (AvgIpc) is 2.05. The minimum absolute atomic E-state index is 0. The fraction of sp³-hybridized carbons (Fsp3) is 0.250. The van der Waals surface area contributed by atoms with Crippen molar-refractivity contribution in [2.75, 3.05) is 0 Å². The highest BCUT2D eigenvalue weighted by Crippen LogP contribution is 2.02. The third-order valence-electron chi connectivity index (χ3n) is 1.46. The second-order valence-corrected chi connectivity index (χ2v) is 2.23. The van der Waals surface area contributed by atoms with Gasteiger partial charge in [0.1, 0.15) is 0 Å². The number of hydrogen-bond acceptors (Lipinski definition) is 2. The lowest BCUT2D eigenvalue weighted by atomic mass is 10.1. The van der Waals surface area contributed by atoms with Crippen molar-refractivity contribution in [1.29, 1.82) is 0 Å². The Bertz CT molecular complexity index is 201. The van der Waals surface area contributed by atoms with Crippen molar-refractivity contribution in [2.24, 2.45) is 11.5 Å². The molecule has 1 aromatic rings. The highest BCUT2D eigenvalue weighted by Gasteiger charge is 1.89. The molecule has 1 rings (SSSR count). The Balaban J connectivity index is -0.000000125. The minimum Gasteiger partial charge on any atom is -1.00 e. The van der Waals surface area contributed by atoms with Crippen LogP contribution in [0.5, 0.6) is 0 Å². The molecule has 86 valence electrons. The van der Waals surface area contributed by atoms with Crippen LogP contribution in [0.15, 0.2) is 24.3 Å². The summed E-state index contributed by atoms with van der Waals surface area (Å²) < 4.78 is 0. The highest BCUT2D eigenvalue weighted by atomic mass is 35.5. The van der Waals surface area contributed by atoms with Crippen LogP contribution in [-0.2, 0) is 13.1 Å². The molecule has 0 aliphatic rings. The maximum Gasteiger partial charge on any atom is 0.0178 e. The summed E-state index contributed by atoms with van der Waals surface area (Å²) in [6.07, 6.45) is 0. The van der Waals surface area contributed by atoms with Crippen molar-refractivity contribution in [2.45, 2.75) is 13.1 Å². The third kappa shape index (κ3) is 7.08. The van der Waals surface area contributed by atoms with Crippen molar-refractivity contribution in [3.8, 4) is 0 Å². The van der Waals surface area contributed by atoms with Crippen LogP contribution in [0.25, 0.3) is 0 Å². The van der Waals surface area contributed by atoms with Gasteiger partial charge in [-0.2, -0.15) is 0 Å². The molecular weight excluding hydrogens is 223 g/mol. The number of hydrogen-bond donors (Lipinski definition) is 4. The van der Waals surface area contributed by atoms with Gasteiger partial charge in [0.2, 0.25) is 0 Å². The summed E-state index contributed by atoms with van der Waals surface area (Å²) in [4.78, 5) is 0. The van der Waals surface area contributed by atoms with E-state index in [4.69, 9.17) is 11.5 Å². The molecule has 12 N–H and O–H groups in total. The van der Waals surface area contributed by atoms with Crippen molar-refractivity contribution in [3.05, 3.63) is 35.4 Å². The lowest BCUT2D eigenvalue weighted by Crippen LogP contribution is -3.00. The second-order valence-electron chi connectivity index (χ2n) is 2.23. The first kappa shape index (κ1) is 23.5. The van der Waals surface area contributed by atoms with Gasteiger partial charge in [-0.15, -0.1) is 0 Å². The first-order chi connectivity index (χ1) is 4.86. The Labute approximate surface area is 97.4 Å². The largest absolute Gasteiger partial charge is 1.00 e. The fourth-order valence-electron chi connectivity index (χ4n) is 0.884. The molecule has 0 aliphatic carbocycles. The number of nitrogens with two attached hydrogens (primary N) is 2. The van der Waals surface area contributed by atoms with E-state index in [0.717, 1.165) is 11.1 Å². The first-order valence-electron chi connectivity index (χ1n) is 3.34. The Morgan fingerprint density at radius 3 is 1.50 bits per heavy atom. The van der Waals surface area contributed by atoms with Gasteiger partial charge < -0.3 is 48.6 Å². The number of halogens is 2. The molecule has 0 atom stereocenters. The first-order valence-corrected chi connectivity index (χ1v) is 3.34. The normalized spacial score (nSPS) is 7.00. The van der Waals surface area contributed by atoms with E-state index in [1.165, 1.54) is 0 Å². The highest BCUT2D eigenvalue weighted by molar-refractivity contribution is 5.22. The van der Waals surface area contributed by atoms with Gasteiger partial charge in [0.25, 0.3) is 0 Å². The maximum absolute atomic E-state index is 5.43. The van der Waals surface area contributed by atoms with Crippen molar-refractivity contribution < 1.29 is 24.8 Å². The smallest absolute Gasteiger partial charge is 0.0178 e. The van der Waals surface area contributed by atoms with E-state index in [9.17, 15) is 0 Å². The monoisotopic (exact) mass is 242 g/mol. The Morgan fingerprint density at radius 2 is 1.21 bits per heavy atom. The van der Waals surface area contributed by atoms with Gasteiger partial charge in [0, 0.05) is 13.1 Å². The van der Waals surface area contributed by atoms with Crippen molar-refractivity contribution in [3.63, 3.8) is 0 Å². The predicted octanol–water partition coefficient (Wildman–Crippen LogP) is -4.64. The quantitative estimate of drug-likeness (QED) is 0.417. The van der Waals surface area contributed by atoms with Crippen LogP contribution in [-0.4, -0.2) is 0 Å². The van der Waals surface area contributed by atoms with Crippen LogP contribution < -0.4 is 48.6 Å². The molecule has 0 saturated carbocycles. The third-order valence-corrected chi connectivity index (χ3v) is 1.46. The topological polar surface area (TPSA) is 125 Å². The van der Waals surface area contributed by atoms with Gasteiger partial charge in [0.15, 0.2) is 0 Å². The van der Waals surface area contributed by atoms with E-state index in [-0.39, 0.29) is 37.1 Å². The van der Waals surface area contributed by atoms with E-state index in [1.54, 1.807) is 0 Å². The molecule has 0 spiro atoms. The van der Waals surface area contributed by atoms with E-state index in [0.29, 0.717) is 13.1 Å². The fourth-order valence-corrected chi connectivity index (χ4v) is 0.884. The molecule has 0 heterocycles. The summed E-state index contributed by atoms with van der Waals surface area (Å²) in [7, 11) is 0. The van der Waals surface area contributed by atoms with Crippen LogP contribution in [0.3, 0.4) is 0 Å². The van der Waals surface area contributed by atoms with Gasteiger partial charge in [-0.05, 0) is 11.1 Å². The molecule has 0 aromatic heterocycles. The second kappa shape index (κ2) is 12.6. The summed E-state index contributed by atoms with van der Waals surface area (Å²) in [6.45, 7) is 1.18. The SMILES string of the molecule is NCc1cccc(CN)c1.[Cl-].[Cl-].[NH4+].[NH4+]. The maximum atomic E-state index is 5.43. The molecule has 6 heteroatoms. The van der Waals surface area contributed by atoms with Crippen molar-refractivity contribution >= 4 is 0 Å². The summed E-state index contributed by atoms with van der Waals surface area (Å²) in [5, 5.41) is 0. The Hall–Kier alpha value is -0.360. The molecule has 0 aliphatic heterocycles. The van der Waals surface area contributed by atoms with Crippen LogP contribution in [0.4, 0.5) is 0 Å². The van der Waals surface area contributed by atoms with Crippen LogP contribution in [0.1, 0.15) is 11.1 Å². The zero-order chi connectivity index (χ0) is 7.40. The van der Waals surface area contributed by atoms with Gasteiger partial charge in [-0.25, -0.2) is 0 Å². The summed E-state index contributed by atoms with van der Waals surface area (Å²) in [6, 6.07) is 8.00. The van der Waals surface area contributed by atoms with E-state index in [1.807, 2.05) is 24.3 Å². The van der Waals surface area contributed by atoms with Crippen LogP contribution in [0.2, 0.25) is 0 Å². The van der Waals surface area contributed by atoms with Gasteiger partial charge in [-0.3, -0.25) is 0 Å². The van der Waals surface area contributed by atoms with Crippen LogP contribution in [0, 0.1) is 0 Å². The average molecular weight is 243 g/mol. The predicted molar refractivity (Wildman–Crippen MR) is 54.2 cm³/mol. The zero-order valence-electron chi connectivity index (χ0n) is 8.63. The minimum atomic E-state index is 0. The molecule has 1 aromatic carbocycles.